The zero-order valence-corrected chi connectivity index (χ0v) is 9.08. The highest BCUT2D eigenvalue weighted by Gasteiger charge is 1.56. The van der Waals surface area contributed by atoms with Gasteiger partial charge in [-0.15, -0.1) is 12.3 Å². The second kappa shape index (κ2) is 13.0. The molecule has 0 bridgehead atoms. The average Bonchev–Trinajstić information content (AvgIpc) is 2.39. The minimum absolute atomic E-state index is 1.87. The van der Waals surface area contributed by atoms with Crippen molar-refractivity contribution in [2.75, 3.05) is 0 Å². The molecule has 0 atom stereocenters. The molecule has 0 rings (SSSR count). The van der Waals surface area contributed by atoms with Gasteiger partial charge < -0.3 is 6.42 Å². The number of hydrogen-bond donors (Lipinski definition) is 0. The highest BCUT2D eigenvalue weighted by atomic mass is 13.6. The predicted molar refractivity (Wildman–Crippen MR) is 70.4 cm³/mol. The lowest BCUT2D eigenvalue weighted by Gasteiger charge is -1.63. The van der Waals surface area contributed by atoms with Crippen LogP contribution in [0.1, 0.15) is 0 Å². The minimum Gasteiger partial charge on any atom is -0.358 e. The van der Waals surface area contributed by atoms with E-state index in [4.69, 9.17) is 12.8 Å². The fraction of sp³-hybridized carbons (Fsp3) is 0. The molecular formula is C18H-. The SMILES string of the molecule is [C-]#CC#CC#CC#CC#CC#CC#CC#CC#C. The van der Waals surface area contributed by atoms with E-state index < -0.39 is 0 Å². The summed E-state index contributed by atoms with van der Waals surface area (Å²) in [5.74, 6) is 37.6. The van der Waals surface area contributed by atoms with Crippen LogP contribution >= 0.6 is 0 Å². The van der Waals surface area contributed by atoms with Crippen molar-refractivity contribution in [1.82, 2.24) is 0 Å². The van der Waals surface area contributed by atoms with E-state index in [9.17, 15) is 0 Å². The van der Waals surface area contributed by atoms with Crippen LogP contribution in [0.5, 0.6) is 0 Å². The molecule has 74 valence electrons. The summed E-state index contributed by atoms with van der Waals surface area (Å²) >= 11 is 0. The van der Waals surface area contributed by atoms with Crippen LogP contribution in [-0.2, 0) is 0 Å². The van der Waals surface area contributed by atoms with E-state index in [2.05, 4.69) is 88.8 Å². The molecule has 18 heavy (non-hydrogen) atoms. The van der Waals surface area contributed by atoms with Gasteiger partial charge in [0.1, 0.15) is 0 Å². The number of rotatable bonds is 0. The third-order valence-electron chi connectivity index (χ3n) is 0.947. The first kappa shape index (κ1) is 14.0. The molecule has 0 heterocycles. The first-order valence-corrected chi connectivity index (χ1v) is 4.29. The zero-order chi connectivity index (χ0) is 13.3. The summed E-state index contributed by atoms with van der Waals surface area (Å²) in [6.07, 6.45) is 11.4. The van der Waals surface area contributed by atoms with E-state index in [1.807, 2.05) is 5.92 Å². The monoisotopic (exact) mass is 217 g/mol. The average molecular weight is 217 g/mol. The van der Waals surface area contributed by atoms with E-state index in [0.717, 1.165) is 0 Å². The lowest BCUT2D eigenvalue weighted by molar-refractivity contribution is 2.33. The van der Waals surface area contributed by atoms with Crippen LogP contribution in [0.25, 0.3) is 0 Å². The molecule has 0 saturated heterocycles. The Labute approximate surface area is 108 Å². The molecule has 0 heteroatoms. The van der Waals surface area contributed by atoms with E-state index in [-0.39, 0.29) is 0 Å². The zero-order valence-electron chi connectivity index (χ0n) is 9.08. The van der Waals surface area contributed by atoms with Gasteiger partial charge in [0, 0.05) is 0 Å². The van der Waals surface area contributed by atoms with Gasteiger partial charge in [-0.3, -0.25) is 5.92 Å². The fourth-order valence-electron chi connectivity index (χ4n) is 0.442. The Hall–Kier alpha value is -3.96. The van der Waals surface area contributed by atoms with Crippen LogP contribution < -0.4 is 0 Å². The first-order valence-electron chi connectivity index (χ1n) is 4.29. The molecular weight excluding hydrogens is 216 g/mol. The fourth-order valence-corrected chi connectivity index (χ4v) is 0.442. The molecule has 0 aliphatic carbocycles. The highest BCUT2D eigenvalue weighted by molar-refractivity contribution is 5.46. The van der Waals surface area contributed by atoms with Gasteiger partial charge in [-0.25, -0.2) is 5.92 Å². The molecule has 0 N–H and O–H groups in total. The van der Waals surface area contributed by atoms with Crippen LogP contribution in [0.15, 0.2) is 0 Å². The quantitative estimate of drug-likeness (QED) is 0.402. The highest BCUT2D eigenvalue weighted by Crippen LogP contribution is 1.57. The van der Waals surface area contributed by atoms with E-state index in [1.165, 1.54) is 0 Å². The Balaban J connectivity index is 4.31. The van der Waals surface area contributed by atoms with Crippen molar-refractivity contribution in [2.24, 2.45) is 0 Å². The van der Waals surface area contributed by atoms with Gasteiger partial charge in [0.05, 0.1) is 0 Å². The second-order valence-electron chi connectivity index (χ2n) is 2.02. The summed E-state index contributed by atoms with van der Waals surface area (Å²) in [5, 5.41) is 0. The third-order valence-corrected chi connectivity index (χ3v) is 0.947. The molecule has 0 radical (unpaired) electrons. The summed E-state index contributed by atoms with van der Waals surface area (Å²) in [4.78, 5) is 0. The van der Waals surface area contributed by atoms with Gasteiger partial charge in [-0.05, 0) is 77.0 Å². The van der Waals surface area contributed by atoms with Crippen molar-refractivity contribution in [3.63, 3.8) is 0 Å². The largest absolute Gasteiger partial charge is 0.358 e. The van der Waals surface area contributed by atoms with Gasteiger partial charge in [0.15, 0.2) is 0 Å². The molecule has 0 aromatic rings. The normalized spacial score (nSPS) is 3.67. The number of terminal acetylenes is 1. The Bertz CT molecular complexity index is 743. The lowest BCUT2D eigenvalue weighted by atomic mass is 10.5. The molecule has 0 aliphatic heterocycles. The van der Waals surface area contributed by atoms with Crippen LogP contribution in [0.4, 0.5) is 0 Å². The van der Waals surface area contributed by atoms with Gasteiger partial charge in [-0.1, -0.05) is 0 Å². The van der Waals surface area contributed by atoms with Gasteiger partial charge in [0.25, 0.3) is 0 Å². The Kier molecular flexibility index (Phi) is 10.2. The molecule has 0 aliphatic rings. The topological polar surface area (TPSA) is 0 Å². The van der Waals surface area contributed by atoms with E-state index in [1.54, 1.807) is 0 Å². The number of hydrogen-bond acceptors (Lipinski definition) is 0. The van der Waals surface area contributed by atoms with Crippen LogP contribution in [0, 0.1) is 108 Å². The maximum absolute atomic E-state index is 6.47. The van der Waals surface area contributed by atoms with E-state index >= 15 is 0 Å². The van der Waals surface area contributed by atoms with Crippen molar-refractivity contribution in [3.05, 3.63) is 6.42 Å². The summed E-state index contributed by atoms with van der Waals surface area (Å²) in [5.41, 5.74) is 0. The molecule has 0 nitrogen and oxygen atoms in total. The van der Waals surface area contributed by atoms with Gasteiger partial charge in [-0.2, -0.15) is 0 Å². The maximum Gasteiger partial charge on any atom is -0.0000000000000759 e. The lowest BCUT2D eigenvalue weighted by Crippen LogP contribution is -1.55. The van der Waals surface area contributed by atoms with Crippen molar-refractivity contribution in [1.29, 1.82) is 0 Å². The smallest absolute Gasteiger partial charge is 0.0000000000000759 e. The molecule has 0 saturated carbocycles. The second-order valence-corrected chi connectivity index (χ2v) is 2.02. The maximum atomic E-state index is 6.47. The summed E-state index contributed by atoms with van der Waals surface area (Å²) in [6.45, 7) is 0. The molecule has 0 aromatic heterocycles. The van der Waals surface area contributed by atoms with Crippen molar-refractivity contribution in [2.45, 2.75) is 0 Å². The first-order chi connectivity index (χ1) is 8.91. The summed E-state index contributed by atoms with van der Waals surface area (Å²) in [6, 6.07) is 0. The van der Waals surface area contributed by atoms with Gasteiger partial charge in [0.2, 0.25) is 0 Å². The van der Waals surface area contributed by atoms with E-state index in [0.29, 0.717) is 0 Å². The molecule has 0 unspecified atom stereocenters. The van der Waals surface area contributed by atoms with Gasteiger partial charge >= 0.3 is 0 Å². The third kappa shape index (κ3) is 12.0. The van der Waals surface area contributed by atoms with Crippen LogP contribution in [0.3, 0.4) is 0 Å². The van der Waals surface area contributed by atoms with Crippen molar-refractivity contribution >= 4 is 0 Å². The van der Waals surface area contributed by atoms with Crippen molar-refractivity contribution < 1.29 is 0 Å². The summed E-state index contributed by atoms with van der Waals surface area (Å²) in [7, 11) is 0. The summed E-state index contributed by atoms with van der Waals surface area (Å²) < 4.78 is 0. The Morgan fingerprint density at radius 1 is 0.444 bits per heavy atom. The van der Waals surface area contributed by atoms with Crippen molar-refractivity contribution in [3.8, 4) is 101 Å². The van der Waals surface area contributed by atoms with Crippen LogP contribution in [0.2, 0.25) is 0 Å². The molecule has 0 fully saturated rings. The molecule has 0 amide bonds. The predicted octanol–water partition coefficient (Wildman–Crippen LogP) is 0.233. The Morgan fingerprint density at radius 2 is 0.722 bits per heavy atom. The molecule has 0 aromatic carbocycles. The standard InChI is InChI=1S/C18H/c1-3-5-7-9-11-13-15-17-18-16-14-12-10-8-6-4-2/h1H/q-1. The Morgan fingerprint density at radius 3 is 1.00 bits per heavy atom. The minimum atomic E-state index is 1.87. The van der Waals surface area contributed by atoms with Crippen LogP contribution in [-0.4, -0.2) is 0 Å². The molecule has 0 spiro atoms.